The first-order chi connectivity index (χ1) is 7.29. The average molecular weight is 205 g/mol. The second kappa shape index (κ2) is 4.58. The summed E-state index contributed by atoms with van der Waals surface area (Å²) in [5.41, 5.74) is 2.70. The van der Waals surface area contributed by atoms with Crippen molar-refractivity contribution in [2.24, 2.45) is 5.92 Å². The number of aliphatic hydroxyl groups is 1. The Kier molecular flexibility index (Phi) is 3.17. The van der Waals surface area contributed by atoms with Gasteiger partial charge in [0, 0.05) is 18.8 Å². The van der Waals surface area contributed by atoms with Crippen molar-refractivity contribution < 1.29 is 9.90 Å². The number of aliphatic hydroxyl groups excluding tert-OH is 1. The molecule has 0 radical (unpaired) electrons. The highest BCUT2D eigenvalue weighted by Crippen LogP contribution is 2.31. The topological polar surface area (TPSA) is 41.6 Å². The molecule has 0 aliphatic heterocycles. The molecule has 80 valence electrons. The number of ketones is 1. The maximum Gasteiger partial charge on any atom is 0.340 e. The summed E-state index contributed by atoms with van der Waals surface area (Å²) in [5, 5.41) is 9.04. The van der Waals surface area contributed by atoms with Gasteiger partial charge < -0.3 is 5.11 Å². The molecule has 2 aliphatic rings. The monoisotopic (exact) mass is 205 g/mol. The summed E-state index contributed by atoms with van der Waals surface area (Å²) in [4.78, 5) is 9.19. The van der Waals surface area contributed by atoms with Crippen LogP contribution in [0.4, 0.5) is 0 Å². The molecular formula is C13H17O2+. The lowest BCUT2D eigenvalue weighted by Gasteiger charge is -2.23. The number of allylic oxidation sites excluding steroid dienone is 6. The summed E-state index contributed by atoms with van der Waals surface area (Å²) >= 11 is 0. The molecule has 0 aromatic rings. The number of hydrogen-bond donors (Lipinski definition) is 1. The molecule has 2 nitrogen and oxygen atoms in total. The van der Waals surface area contributed by atoms with Gasteiger partial charge in [-0.1, -0.05) is 5.57 Å². The fraction of sp³-hybridized carbons (Fsp3) is 0.462. The number of rotatable bonds is 1. The van der Waals surface area contributed by atoms with E-state index in [9.17, 15) is 4.79 Å². The van der Waals surface area contributed by atoms with Crippen LogP contribution in [0.3, 0.4) is 0 Å². The Bertz CT molecular complexity index is 320. The van der Waals surface area contributed by atoms with Crippen LogP contribution < -0.4 is 0 Å². The van der Waals surface area contributed by atoms with E-state index < -0.39 is 0 Å². The minimum absolute atomic E-state index is 0.322. The first kappa shape index (κ1) is 10.4. The highest BCUT2D eigenvalue weighted by atomic mass is 16.3. The highest BCUT2D eigenvalue weighted by Gasteiger charge is 2.18. The molecule has 0 atom stereocenters. The molecule has 0 aromatic carbocycles. The van der Waals surface area contributed by atoms with Crippen LogP contribution in [-0.2, 0) is 0 Å². The van der Waals surface area contributed by atoms with Crippen LogP contribution in [0.1, 0.15) is 25.7 Å². The quantitative estimate of drug-likeness (QED) is 0.655. The molecule has 2 N–H and O–H groups in total. The van der Waals surface area contributed by atoms with Crippen LogP contribution in [0.2, 0.25) is 0 Å². The molecule has 0 aromatic heterocycles. The van der Waals surface area contributed by atoms with Crippen molar-refractivity contribution in [1.82, 2.24) is 0 Å². The zero-order chi connectivity index (χ0) is 10.7. The van der Waals surface area contributed by atoms with Crippen molar-refractivity contribution >= 4 is 5.78 Å². The summed E-state index contributed by atoms with van der Waals surface area (Å²) in [6, 6.07) is 0. The van der Waals surface area contributed by atoms with Gasteiger partial charge in [0.05, 0.1) is 0 Å². The van der Waals surface area contributed by atoms with E-state index in [0.717, 1.165) is 25.7 Å². The summed E-state index contributed by atoms with van der Waals surface area (Å²) in [5.74, 6) is 0.814. The van der Waals surface area contributed by atoms with E-state index in [2.05, 4.69) is 0 Å². The molecule has 1 saturated carbocycles. The van der Waals surface area contributed by atoms with E-state index >= 15 is 0 Å². The van der Waals surface area contributed by atoms with E-state index in [1.165, 1.54) is 11.1 Å². The van der Waals surface area contributed by atoms with Crippen LogP contribution >= 0.6 is 0 Å². The van der Waals surface area contributed by atoms with Gasteiger partial charge in [0.25, 0.3) is 0 Å². The maximum absolute atomic E-state index is 9.19. The summed E-state index contributed by atoms with van der Waals surface area (Å²) in [7, 11) is 0. The summed E-state index contributed by atoms with van der Waals surface area (Å²) in [6.07, 6.45) is 11.8. The lowest BCUT2D eigenvalue weighted by Crippen LogP contribution is -2.12. The molecule has 2 rings (SSSR count). The molecule has 2 aliphatic carbocycles. The molecular weight excluding hydrogens is 188 g/mol. The van der Waals surface area contributed by atoms with Gasteiger partial charge in [-0.2, -0.15) is 0 Å². The third-order valence-electron chi connectivity index (χ3n) is 3.24. The lowest BCUT2D eigenvalue weighted by atomic mass is 9.83. The van der Waals surface area contributed by atoms with Gasteiger partial charge in [0.2, 0.25) is 0 Å². The fourth-order valence-corrected chi connectivity index (χ4v) is 2.19. The van der Waals surface area contributed by atoms with E-state index in [1.807, 2.05) is 12.2 Å². The number of hydrogen-bond acceptors (Lipinski definition) is 1. The minimum Gasteiger partial charge on any atom is -0.396 e. The third kappa shape index (κ3) is 2.45. The Balaban J connectivity index is 2.06. The summed E-state index contributed by atoms with van der Waals surface area (Å²) in [6.45, 7) is 0.322. The Labute approximate surface area is 90.0 Å². The van der Waals surface area contributed by atoms with Gasteiger partial charge in [0.1, 0.15) is 0 Å². The van der Waals surface area contributed by atoms with E-state index in [1.54, 1.807) is 12.2 Å². The Morgan fingerprint density at radius 3 is 2.27 bits per heavy atom. The minimum atomic E-state index is 0.322. The van der Waals surface area contributed by atoms with Crippen molar-refractivity contribution in [3.8, 4) is 0 Å². The lowest BCUT2D eigenvalue weighted by molar-refractivity contribution is 0.202. The smallest absolute Gasteiger partial charge is 0.340 e. The standard InChI is InChI=1S/C13H16O2/c14-9-10-1-3-11(4-2-10)12-5-7-13(15)8-6-12/h5-8,10,14H,1-4,9H2/p+1. The predicted octanol–water partition coefficient (Wildman–Crippen LogP) is 2.14. The molecule has 1 fully saturated rings. The second-order valence-corrected chi connectivity index (χ2v) is 4.28. The molecule has 0 heterocycles. The van der Waals surface area contributed by atoms with Crippen LogP contribution in [0, 0.1) is 5.92 Å². The van der Waals surface area contributed by atoms with E-state index in [4.69, 9.17) is 5.11 Å². The zero-order valence-corrected chi connectivity index (χ0v) is 8.82. The SMILES string of the molecule is OCC1CCC(=C2C=CC(=[OH+])C=C2)CC1. The first-order valence-corrected chi connectivity index (χ1v) is 5.54. The molecule has 15 heavy (non-hydrogen) atoms. The van der Waals surface area contributed by atoms with E-state index in [-0.39, 0.29) is 0 Å². The highest BCUT2D eigenvalue weighted by molar-refractivity contribution is 6.02. The van der Waals surface area contributed by atoms with E-state index in [0.29, 0.717) is 18.3 Å². The second-order valence-electron chi connectivity index (χ2n) is 4.28. The maximum atomic E-state index is 9.19. The molecule has 2 heteroatoms. The van der Waals surface area contributed by atoms with Crippen LogP contribution in [0.25, 0.3) is 0 Å². The molecule has 0 amide bonds. The van der Waals surface area contributed by atoms with Crippen LogP contribution in [0.5, 0.6) is 0 Å². The van der Waals surface area contributed by atoms with Gasteiger partial charge in [-0.25, -0.2) is 0 Å². The van der Waals surface area contributed by atoms with Crippen LogP contribution in [0.15, 0.2) is 35.5 Å². The van der Waals surface area contributed by atoms with Crippen molar-refractivity contribution in [3.63, 3.8) is 0 Å². The Hall–Kier alpha value is -1.15. The van der Waals surface area contributed by atoms with Crippen molar-refractivity contribution in [1.29, 1.82) is 0 Å². The Morgan fingerprint density at radius 2 is 1.73 bits per heavy atom. The molecule has 0 bridgehead atoms. The van der Waals surface area contributed by atoms with Gasteiger partial charge in [0.15, 0.2) is 0 Å². The number of carbonyl (C=O) groups excluding carboxylic acids is 1. The van der Waals surface area contributed by atoms with Crippen LogP contribution in [-0.4, -0.2) is 22.3 Å². The molecule has 0 saturated heterocycles. The zero-order valence-electron chi connectivity index (χ0n) is 8.82. The fourth-order valence-electron chi connectivity index (χ4n) is 2.19. The van der Waals surface area contributed by atoms with Crippen molar-refractivity contribution in [3.05, 3.63) is 35.5 Å². The van der Waals surface area contributed by atoms with Crippen molar-refractivity contribution in [2.45, 2.75) is 25.7 Å². The predicted molar refractivity (Wildman–Crippen MR) is 61.3 cm³/mol. The molecule has 0 unspecified atom stereocenters. The average Bonchev–Trinajstić information content (AvgIpc) is 2.30. The largest absolute Gasteiger partial charge is 0.396 e. The Morgan fingerprint density at radius 1 is 1.13 bits per heavy atom. The van der Waals surface area contributed by atoms with Gasteiger partial charge >= 0.3 is 5.78 Å². The summed E-state index contributed by atoms with van der Waals surface area (Å²) < 4.78 is 0. The van der Waals surface area contributed by atoms with Gasteiger partial charge in [-0.3, -0.25) is 4.79 Å². The van der Waals surface area contributed by atoms with Gasteiger partial charge in [-0.15, -0.1) is 0 Å². The molecule has 0 spiro atoms. The normalized spacial score (nSPS) is 26.2. The first-order valence-electron chi connectivity index (χ1n) is 5.54. The van der Waals surface area contributed by atoms with Crippen molar-refractivity contribution in [2.75, 3.05) is 6.61 Å². The van der Waals surface area contributed by atoms with Gasteiger partial charge in [-0.05, 0) is 49.3 Å². The third-order valence-corrected chi connectivity index (χ3v) is 3.24.